The van der Waals surface area contributed by atoms with E-state index in [1.807, 2.05) is 43.2 Å². The second-order valence-corrected chi connectivity index (χ2v) is 8.07. The minimum absolute atomic E-state index is 0.0682. The second kappa shape index (κ2) is 7.52. The smallest absolute Gasteiger partial charge is 0.176 e. The first-order valence-electron chi connectivity index (χ1n) is 9.16. The van der Waals surface area contributed by atoms with Gasteiger partial charge in [0, 0.05) is 43.3 Å². The summed E-state index contributed by atoms with van der Waals surface area (Å²) in [5.74, 6) is 1.20. The molecular weight excluding hydrogens is 408 g/mol. The van der Waals surface area contributed by atoms with Crippen molar-refractivity contribution in [2.45, 2.75) is 19.0 Å². The van der Waals surface area contributed by atoms with Crippen LogP contribution in [0.2, 0.25) is 0 Å². The molecule has 7 nitrogen and oxygen atoms in total. The highest BCUT2D eigenvalue weighted by Gasteiger charge is 2.41. The molecule has 1 fully saturated rings. The molecule has 0 amide bonds. The van der Waals surface area contributed by atoms with Gasteiger partial charge < -0.3 is 4.90 Å². The van der Waals surface area contributed by atoms with E-state index in [1.165, 1.54) is 0 Å². The highest BCUT2D eigenvalue weighted by molar-refractivity contribution is 9.10. The standard InChI is InChI=1S/C19H23BrN6O/c1-13-17-18(24(2)23-13)19(22-12-21-17)26-8-6-25(7-9-26)11-16(27)14-4-3-5-15(20)10-14/h3-5,10,12,17-18H,6-9,11H2,1-2H3/t17-,18+/m0/s1. The number of carbonyl (C=O) groups is 1. The van der Waals surface area contributed by atoms with Crippen LogP contribution in [-0.4, -0.2) is 90.3 Å². The Morgan fingerprint density at radius 1 is 1.26 bits per heavy atom. The first-order valence-corrected chi connectivity index (χ1v) is 9.95. The molecule has 3 aliphatic heterocycles. The zero-order valence-corrected chi connectivity index (χ0v) is 17.1. The molecule has 0 aliphatic carbocycles. The molecule has 3 heterocycles. The number of amidine groups is 1. The van der Waals surface area contributed by atoms with Crippen LogP contribution in [0.5, 0.6) is 0 Å². The van der Waals surface area contributed by atoms with Gasteiger partial charge in [-0.2, -0.15) is 5.10 Å². The highest BCUT2D eigenvalue weighted by Crippen LogP contribution is 2.23. The molecule has 8 heteroatoms. The first kappa shape index (κ1) is 18.3. The molecule has 1 aromatic carbocycles. The molecule has 0 saturated carbocycles. The predicted octanol–water partition coefficient (Wildman–Crippen LogP) is 1.75. The topological polar surface area (TPSA) is 63.9 Å². The number of fused-ring (bicyclic) bond motifs is 1. The number of carbonyl (C=O) groups excluding carboxylic acids is 1. The summed E-state index contributed by atoms with van der Waals surface area (Å²) in [6.07, 6.45) is 1.66. The number of benzene rings is 1. The molecule has 4 rings (SSSR count). The maximum atomic E-state index is 12.5. The molecule has 0 aromatic heterocycles. The number of hydrogen-bond donors (Lipinski definition) is 0. The normalized spacial score (nSPS) is 25.3. The van der Waals surface area contributed by atoms with Crippen molar-refractivity contribution < 1.29 is 4.79 Å². The van der Waals surface area contributed by atoms with Crippen molar-refractivity contribution in [3.63, 3.8) is 0 Å². The molecule has 27 heavy (non-hydrogen) atoms. The maximum absolute atomic E-state index is 12.5. The number of aliphatic imine (C=N–C) groups is 2. The van der Waals surface area contributed by atoms with Gasteiger partial charge in [-0.15, -0.1) is 0 Å². The quantitative estimate of drug-likeness (QED) is 0.685. The van der Waals surface area contributed by atoms with Crippen molar-refractivity contribution in [1.82, 2.24) is 14.8 Å². The second-order valence-electron chi connectivity index (χ2n) is 7.15. The van der Waals surface area contributed by atoms with Crippen LogP contribution in [0, 0.1) is 0 Å². The van der Waals surface area contributed by atoms with Crippen LogP contribution in [0.3, 0.4) is 0 Å². The summed E-state index contributed by atoms with van der Waals surface area (Å²) in [6, 6.07) is 7.74. The van der Waals surface area contributed by atoms with Crippen LogP contribution < -0.4 is 0 Å². The van der Waals surface area contributed by atoms with E-state index in [9.17, 15) is 4.79 Å². The number of likely N-dealkylation sites (N-methyl/N-ethyl adjacent to an activating group) is 1. The van der Waals surface area contributed by atoms with Crippen LogP contribution >= 0.6 is 15.9 Å². The minimum Gasteiger partial charge on any atom is -0.356 e. The average Bonchev–Trinajstić information content (AvgIpc) is 2.97. The van der Waals surface area contributed by atoms with Crippen molar-refractivity contribution in [2.24, 2.45) is 15.1 Å². The Labute approximate surface area is 167 Å². The molecule has 0 bridgehead atoms. The van der Waals surface area contributed by atoms with Gasteiger partial charge >= 0.3 is 0 Å². The van der Waals surface area contributed by atoms with E-state index in [-0.39, 0.29) is 17.9 Å². The van der Waals surface area contributed by atoms with Gasteiger partial charge in [0.05, 0.1) is 12.3 Å². The molecule has 3 aliphatic rings. The van der Waals surface area contributed by atoms with Gasteiger partial charge in [-0.3, -0.25) is 19.7 Å². The molecule has 142 valence electrons. The third-order valence-corrected chi connectivity index (χ3v) is 5.83. The largest absolute Gasteiger partial charge is 0.356 e. The van der Waals surface area contributed by atoms with E-state index >= 15 is 0 Å². The first-order chi connectivity index (χ1) is 13.0. The molecule has 0 unspecified atom stereocenters. The zero-order valence-electron chi connectivity index (χ0n) is 15.5. The van der Waals surface area contributed by atoms with E-state index < -0.39 is 0 Å². The van der Waals surface area contributed by atoms with Gasteiger partial charge in [0.25, 0.3) is 0 Å². The molecule has 0 N–H and O–H groups in total. The summed E-state index contributed by atoms with van der Waals surface area (Å²) in [4.78, 5) is 26.1. The number of nitrogens with zero attached hydrogens (tertiary/aromatic N) is 6. The SMILES string of the molecule is CC1=NN(C)[C@H]2C(N3CCN(CC(=O)c4cccc(Br)c4)CC3)=NC=N[C@@H]12. The third kappa shape index (κ3) is 3.68. The number of rotatable bonds is 3. The number of halogens is 1. The highest BCUT2D eigenvalue weighted by atomic mass is 79.9. The van der Waals surface area contributed by atoms with Gasteiger partial charge in [0.15, 0.2) is 5.78 Å². The van der Waals surface area contributed by atoms with Gasteiger partial charge in [0.2, 0.25) is 0 Å². The lowest BCUT2D eigenvalue weighted by atomic mass is 10.0. The molecule has 0 radical (unpaired) electrons. The van der Waals surface area contributed by atoms with Crippen LogP contribution in [0.15, 0.2) is 43.8 Å². The van der Waals surface area contributed by atoms with E-state index in [1.54, 1.807) is 6.34 Å². The maximum Gasteiger partial charge on any atom is 0.176 e. The summed E-state index contributed by atoms with van der Waals surface area (Å²) < 4.78 is 0.933. The van der Waals surface area contributed by atoms with Gasteiger partial charge in [-0.05, 0) is 19.1 Å². The lowest BCUT2D eigenvalue weighted by Crippen LogP contribution is -2.56. The Morgan fingerprint density at radius 3 is 2.78 bits per heavy atom. The lowest BCUT2D eigenvalue weighted by Gasteiger charge is -2.40. The number of Topliss-reactive ketones (excluding diaryl/α,β-unsaturated/α-hetero) is 1. The van der Waals surface area contributed by atoms with Gasteiger partial charge in [-0.25, -0.2) is 4.99 Å². The molecule has 0 spiro atoms. The molecule has 1 aromatic rings. The van der Waals surface area contributed by atoms with Crippen LogP contribution in [0.1, 0.15) is 17.3 Å². The zero-order chi connectivity index (χ0) is 19.0. The lowest BCUT2D eigenvalue weighted by molar-refractivity contribution is 0.0894. The summed E-state index contributed by atoms with van der Waals surface area (Å²) in [7, 11) is 1.98. The fourth-order valence-electron chi connectivity index (χ4n) is 3.90. The number of hydrogen-bond acceptors (Lipinski definition) is 7. The molecule has 1 saturated heterocycles. The summed E-state index contributed by atoms with van der Waals surface area (Å²) in [6.45, 7) is 5.87. The van der Waals surface area contributed by atoms with Crippen molar-refractivity contribution in [1.29, 1.82) is 0 Å². The van der Waals surface area contributed by atoms with Crippen molar-refractivity contribution in [3.05, 3.63) is 34.3 Å². The van der Waals surface area contributed by atoms with Crippen LogP contribution in [0.25, 0.3) is 0 Å². The van der Waals surface area contributed by atoms with Gasteiger partial charge in [-0.1, -0.05) is 28.1 Å². The minimum atomic E-state index is 0.0682. The Hall–Kier alpha value is -2.06. The van der Waals surface area contributed by atoms with Gasteiger partial charge in [0.1, 0.15) is 24.3 Å². The van der Waals surface area contributed by atoms with E-state index in [0.29, 0.717) is 6.54 Å². The molecular formula is C19H23BrN6O. The summed E-state index contributed by atoms with van der Waals surface area (Å²) in [5, 5.41) is 6.51. The van der Waals surface area contributed by atoms with Crippen molar-refractivity contribution >= 4 is 39.6 Å². The Balaban J connectivity index is 1.36. The number of hydrazone groups is 1. The fraction of sp³-hybridized carbons (Fsp3) is 0.474. The fourth-order valence-corrected chi connectivity index (χ4v) is 4.30. The summed E-state index contributed by atoms with van der Waals surface area (Å²) in [5.41, 5.74) is 1.78. The Morgan fingerprint density at radius 2 is 2.04 bits per heavy atom. The Bertz CT molecular complexity index is 827. The number of piperazine rings is 1. The Kier molecular flexibility index (Phi) is 5.10. The predicted molar refractivity (Wildman–Crippen MR) is 111 cm³/mol. The molecule has 2 atom stereocenters. The van der Waals surface area contributed by atoms with Crippen molar-refractivity contribution in [2.75, 3.05) is 39.8 Å². The number of ketones is 1. The van der Waals surface area contributed by atoms with Crippen LogP contribution in [0.4, 0.5) is 0 Å². The summed E-state index contributed by atoms with van der Waals surface area (Å²) >= 11 is 3.43. The average molecular weight is 431 g/mol. The third-order valence-electron chi connectivity index (χ3n) is 5.34. The van der Waals surface area contributed by atoms with E-state index in [0.717, 1.165) is 47.8 Å². The van der Waals surface area contributed by atoms with Crippen LogP contribution in [-0.2, 0) is 0 Å². The monoisotopic (exact) mass is 430 g/mol. The van der Waals surface area contributed by atoms with E-state index in [2.05, 4.69) is 40.8 Å². The van der Waals surface area contributed by atoms with Crippen molar-refractivity contribution in [3.8, 4) is 0 Å². The van der Waals surface area contributed by atoms with E-state index in [4.69, 9.17) is 0 Å².